The van der Waals surface area contributed by atoms with Crippen LogP contribution in [0.1, 0.15) is 50.1 Å². The predicted molar refractivity (Wildman–Crippen MR) is 84.1 cm³/mol. The van der Waals surface area contributed by atoms with Gasteiger partial charge in [0, 0.05) is 17.8 Å². The number of carbonyl (C=O) groups excluding carboxylic acids is 1. The van der Waals surface area contributed by atoms with Gasteiger partial charge in [-0.2, -0.15) is 0 Å². The molecule has 1 amide bonds. The van der Waals surface area contributed by atoms with Crippen LogP contribution in [-0.2, 0) is 11.3 Å². The number of anilines is 1. The Bertz CT molecular complexity index is 450. The number of hydrogen-bond acceptors (Lipinski definition) is 4. The van der Waals surface area contributed by atoms with Crippen molar-refractivity contribution in [1.29, 1.82) is 0 Å². The number of nitrogens with zero attached hydrogens (tertiary/aromatic N) is 2. The van der Waals surface area contributed by atoms with Gasteiger partial charge in [-0.15, -0.1) is 11.3 Å². The van der Waals surface area contributed by atoms with Crippen molar-refractivity contribution >= 4 is 22.4 Å². The van der Waals surface area contributed by atoms with Gasteiger partial charge in [0.1, 0.15) is 0 Å². The quantitative estimate of drug-likeness (QED) is 0.905. The second-order valence-electron chi connectivity index (χ2n) is 5.78. The van der Waals surface area contributed by atoms with Crippen molar-refractivity contribution in [2.24, 2.45) is 5.92 Å². The minimum atomic E-state index is 0.0691. The van der Waals surface area contributed by atoms with E-state index in [9.17, 15) is 4.79 Å². The average molecular weight is 295 g/mol. The lowest BCUT2D eigenvalue weighted by molar-refractivity contribution is -0.116. The normalized spacial score (nSPS) is 17.4. The molecule has 0 atom stereocenters. The minimum absolute atomic E-state index is 0.0691. The van der Waals surface area contributed by atoms with Gasteiger partial charge in [-0.1, -0.05) is 13.8 Å². The van der Waals surface area contributed by atoms with Crippen LogP contribution in [0, 0.1) is 12.8 Å². The highest BCUT2D eigenvalue weighted by Crippen LogP contribution is 2.26. The fourth-order valence-corrected chi connectivity index (χ4v) is 3.48. The van der Waals surface area contributed by atoms with Crippen LogP contribution in [0.3, 0.4) is 0 Å². The van der Waals surface area contributed by atoms with Crippen molar-refractivity contribution in [3.63, 3.8) is 0 Å². The van der Waals surface area contributed by atoms with Gasteiger partial charge in [0.15, 0.2) is 5.13 Å². The van der Waals surface area contributed by atoms with Crippen LogP contribution in [0.4, 0.5) is 5.13 Å². The number of amides is 1. The van der Waals surface area contributed by atoms with Gasteiger partial charge in [0.2, 0.25) is 5.91 Å². The maximum Gasteiger partial charge on any atom is 0.226 e. The SMILES string of the molecule is CCCC(=O)Nc1nc(C)c(CN2CCC(C)CC2)s1. The molecule has 5 heteroatoms. The largest absolute Gasteiger partial charge is 0.302 e. The zero-order chi connectivity index (χ0) is 14.5. The predicted octanol–water partition coefficient (Wildman–Crippen LogP) is 3.42. The van der Waals surface area contributed by atoms with Crippen molar-refractivity contribution in [1.82, 2.24) is 9.88 Å². The molecule has 1 fully saturated rings. The van der Waals surface area contributed by atoms with Gasteiger partial charge >= 0.3 is 0 Å². The molecule has 0 aromatic carbocycles. The topological polar surface area (TPSA) is 45.2 Å². The highest BCUT2D eigenvalue weighted by molar-refractivity contribution is 7.15. The van der Waals surface area contributed by atoms with E-state index in [1.807, 2.05) is 13.8 Å². The number of thiazole rings is 1. The molecular weight excluding hydrogens is 270 g/mol. The van der Waals surface area contributed by atoms with Crippen molar-refractivity contribution in [3.05, 3.63) is 10.6 Å². The molecule has 112 valence electrons. The maximum absolute atomic E-state index is 11.6. The molecule has 0 unspecified atom stereocenters. The molecule has 1 aromatic heterocycles. The number of piperidine rings is 1. The summed E-state index contributed by atoms with van der Waals surface area (Å²) in [6, 6.07) is 0. The van der Waals surface area contributed by atoms with Crippen LogP contribution in [0.25, 0.3) is 0 Å². The molecule has 1 saturated heterocycles. The molecule has 1 aliphatic heterocycles. The van der Waals surface area contributed by atoms with Crippen molar-refractivity contribution in [2.75, 3.05) is 18.4 Å². The highest BCUT2D eigenvalue weighted by Gasteiger charge is 2.18. The third-order valence-electron chi connectivity index (χ3n) is 3.86. The monoisotopic (exact) mass is 295 g/mol. The molecular formula is C15H25N3OS. The molecule has 0 radical (unpaired) electrons. The summed E-state index contributed by atoms with van der Waals surface area (Å²) < 4.78 is 0. The Kier molecular flexibility index (Phi) is 5.54. The smallest absolute Gasteiger partial charge is 0.226 e. The molecule has 1 aliphatic rings. The van der Waals surface area contributed by atoms with Crippen LogP contribution in [0.15, 0.2) is 0 Å². The second-order valence-corrected chi connectivity index (χ2v) is 6.87. The van der Waals surface area contributed by atoms with E-state index in [0.717, 1.165) is 29.7 Å². The van der Waals surface area contributed by atoms with Crippen LogP contribution >= 0.6 is 11.3 Å². The van der Waals surface area contributed by atoms with E-state index in [1.165, 1.54) is 30.8 Å². The van der Waals surface area contributed by atoms with E-state index >= 15 is 0 Å². The molecule has 4 nitrogen and oxygen atoms in total. The summed E-state index contributed by atoms with van der Waals surface area (Å²) in [5.41, 5.74) is 1.06. The summed E-state index contributed by atoms with van der Waals surface area (Å²) in [5, 5.41) is 3.65. The number of rotatable bonds is 5. The first-order valence-electron chi connectivity index (χ1n) is 7.57. The lowest BCUT2D eigenvalue weighted by atomic mass is 9.99. The summed E-state index contributed by atoms with van der Waals surface area (Å²) in [5.74, 6) is 0.928. The Labute approximate surface area is 125 Å². The fraction of sp³-hybridized carbons (Fsp3) is 0.733. The number of likely N-dealkylation sites (tertiary alicyclic amines) is 1. The van der Waals surface area contributed by atoms with E-state index in [0.29, 0.717) is 6.42 Å². The first kappa shape index (κ1) is 15.4. The first-order valence-corrected chi connectivity index (χ1v) is 8.38. The standard InChI is InChI=1S/C15H25N3OS/c1-4-5-14(19)17-15-16-12(3)13(20-15)10-18-8-6-11(2)7-9-18/h11H,4-10H2,1-3H3,(H,16,17,19). The number of carbonyl (C=O) groups is 1. The minimum Gasteiger partial charge on any atom is -0.302 e. The number of aryl methyl sites for hydroxylation is 1. The Morgan fingerprint density at radius 2 is 2.15 bits per heavy atom. The lowest BCUT2D eigenvalue weighted by Crippen LogP contribution is -2.32. The molecule has 1 N–H and O–H groups in total. The zero-order valence-electron chi connectivity index (χ0n) is 12.7. The van der Waals surface area contributed by atoms with E-state index < -0.39 is 0 Å². The van der Waals surface area contributed by atoms with Crippen LogP contribution < -0.4 is 5.32 Å². The molecule has 0 spiro atoms. The van der Waals surface area contributed by atoms with Gasteiger partial charge in [-0.05, 0) is 45.2 Å². The number of aromatic nitrogens is 1. The van der Waals surface area contributed by atoms with Crippen LogP contribution in [0.5, 0.6) is 0 Å². The third-order valence-corrected chi connectivity index (χ3v) is 4.92. The summed E-state index contributed by atoms with van der Waals surface area (Å²) in [7, 11) is 0. The van der Waals surface area contributed by atoms with Crippen LogP contribution in [0.2, 0.25) is 0 Å². The molecule has 2 heterocycles. The summed E-state index contributed by atoms with van der Waals surface area (Å²) in [6.07, 6.45) is 4.02. The van der Waals surface area contributed by atoms with Crippen LogP contribution in [-0.4, -0.2) is 28.9 Å². The average Bonchev–Trinajstić information content (AvgIpc) is 2.72. The lowest BCUT2D eigenvalue weighted by Gasteiger charge is -2.29. The molecule has 2 rings (SSSR count). The van der Waals surface area contributed by atoms with E-state index in [2.05, 4.69) is 22.1 Å². The van der Waals surface area contributed by atoms with Crippen molar-refractivity contribution < 1.29 is 4.79 Å². The van der Waals surface area contributed by atoms with Gasteiger partial charge < -0.3 is 5.32 Å². The van der Waals surface area contributed by atoms with Gasteiger partial charge in [-0.25, -0.2) is 4.98 Å². The van der Waals surface area contributed by atoms with Crippen molar-refractivity contribution in [3.8, 4) is 0 Å². The Hall–Kier alpha value is -0.940. The molecule has 0 saturated carbocycles. The highest BCUT2D eigenvalue weighted by atomic mass is 32.1. The Balaban J connectivity index is 1.92. The maximum atomic E-state index is 11.6. The van der Waals surface area contributed by atoms with Crippen molar-refractivity contribution in [2.45, 2.75) is 53.0 Å². The van der Waals surface area contributed by atoms with Gasteiger partial charge in [-0.3, -0.25) is 9.69 Å². The van der Waals surface area contributed by atoms with E-state index in [-0.39, 0.29) is 5.91 Å². The van der Waals surface area contributed by atoms with Gasteiger partial charge in [0.05, 0.1) is 5.69 Å². The number of nitrogens with one attached hydrogen (secondary N) is 1. The molecule has 20 heavy (non-hydrogen) atoms. The second kappa shape index (κ2) is 7.18. The third kappa shape index (κ3) is 4.28. The number of hydrogen-bond donors (Lipinski definition) is 1. The Morgan fingerprint density at radius 1 is 1.45 bits per heavy atom. The zero-order valence-corrected chi connectivity index (χ0v) is 13.6. The summed E-state index contributed by atoms with van der Waals surface area (Å²) >= 11 is 1.62. The molecule has 0 bridgehead atoms. The molecule has 1 aromatic rings. The first-order chi connectivity index (χ1) is 9.58. The fourth-order valence-electron chi connectivity index (χ4n) is 2.46. The molecule has 0 aliphatic carbocycles. The summed E-state index contributed by atoms with van der Waals surface area (Å²) in [6.45, 7) is 9.70. The Morgan fingerprint density at radius 3 is 2.80 bits per heavy atom. The van der Waals surface area contributed by atoms with Gasteiger partial charge in [0.25, 0.3) is 0 Å². The van der Waals surface area contributed by atoms with E-state index in [1.54, 1.807) is 11.3 Å². The van der Waals surface area contributed by atoms with E-state index in [4.69, 9.17) is 0 Å². The summed E-state index contributed by atoms with van der Waals surface area (Å²) in [4.78, 5) is 19.9.